The molecule has 1 aliphatic heterocycles. The SMILES string of the molecule is CC1(C)OC(c2ccc(Cl)cc2)=C(c2ccc(Cl)cc2)C1=O. The summed E-state index contributed by atoms with van der Waals surface area (Å²) in [7, 11) is 0. The quantitative estimate of drug-likeness (QED) is 0.751. The highest BCUT2D eigenvalue weighted by Gasteiger charge is 2.42. The van der Waals surface area contributed by atoms with Crippen molar-refractivity contribution in [3.8, 4) is 0 Å². The van der Waals surface area contributed by atoms with Crippen LogP contribution in [0.2, 0.25) is 10.0 Å². The van der Waals surface area contributed by atoms with Gasteiger partial charge in [0.05, 0.1) is 5.57 Å². The van der Waals surface area contributed by atoms with Crippen molar-refractivity contribution < 1.29 is 9.53 Å². The predicted octanol–water partition coefficient (Wildman–Crippen LogP) is 5.24. The number of halogens is 2. The fourth-order valence-corrected chi connectivity index (χ4v) is 2.69. The van der Waals surface area contributed by atoms with Crippen molar-refractivity contribution in [2.45, 2.75) is 19.4 Å². The summed E-state index contributed by atoms with van der Waals surface area (Å²) in [5, 5.41) is 1.27. The summed E-state index contributed by atoms with van der Waals surface area (Å²) < 4.78 is 5.94. The van der Waals surface area contributed by atoms with Crippen LogP contribution in [0.3, 0.4) is 0 Å². The van der Waals surface area contributed by atoms with Crippen LogP contribution < -0.4 is 0 Å². The Balaban J connectivity index is 2.18. The van der Waals surface area contributed by atoms with Crippen molar-refractivity contribution >= 4 is 40.3 Å². The summed E-state index contributed by atoms with van der Waals surface area (Å²) in [6.07, 6.45) is 0. The molecule has 0 atom stereocenters. The number of carbonyl (C=O) groups excluding carboxylic acids is 1. The second-order valence-electron chi connectivity index (χ2n) is 5.66. The second-order valence-corrected chi connectivity index (χ2v) is 6.53. The van der Waals surface area contributed by atoms with Crippen LogP contribution in [0.1, 0.15) is 25.0 Å². The summed E-state index contributed by atoms with van der Waals surface area (Å²) in [6.45, 7) is 3.54. The Hall–Kier alpha value is -1.77. The molecule has 2 aromatic carbocycles. The molecule has 0 radical (unpaired) electrons. The number of ketones is 1. The summed E-state index contributed by atoms with van der Waals surface area (Å²) in [6, 6.07) is 14.5. The van der Waals surface area contributed by atoms with Crippen LogP contribution in [0.25, 0.3) is 11.3 Å². The molecule has 22 heavy (non-hydrogen) atoms. The molecule has 0 fully saturated rings. The lowest BCUT2D eigenvalue weighted by Gasteiger charge is -2.17. The normalized spacial score (nSPS) is 16.8. The lowest BCUT2D eigenvalue weighted by Crippen LogP contribution is -2.29. The minimum atomic E-state index is -0.885. The van der Waals surface area contributed by atoms with Gasteiger partial charge in [0.1, 0.15) is 5.76 Å². The summed E-state index contributed by atoms with van der Waals surface area (Å²) in [5.41, 5.74) is 1.31. The Kier molecular flexibility index (Phi) is 3.75. The zero-order valence-corrected chi connectivity index (χ0v) is 13.7. The molecule has 0 aromatic heterocycles. The topological polar surface area (TPSA) is 26.3 Å². The Morgan fingerprint density at radius 3 is 1.77 bits per heavy atom. The molecule has 0 amide bonds. The van der Waals surface area contributed by atoms with Crippen LogP contribution in [0.15, 0.2) is 48.5 Å². The van der Waals surface area contributed by atoms with E-state index >= 15 is 0 Å². The van der Waals surface area contributed by atoms with Crippen LogP contribution in [-0.4, -0.2) is 11.4 Å². The third kappa shape index (κ3) is 2.65. The van der Waals surface area contributed by atoms with Crippen LogP contribution in [0, 0.1) is 0 Å². The van der Waals surface area contributed by atoms with Gasteiger partial charge in [0.15, 0.2) is 5.60 Å². The first-order valence-corrected chi connectivity index (χ1v) is 7.64. The molecule has 0 bridgehead atoms. The average Bonchev–Trinajstić information content (AvgIpc) is 2.72. The molecule has 0 spiro atoms. The van der Waals surface area contributed by atoms with Gasteiger partial charge in [-0.25, -0.2) is 0 Å². The van der Waals surface area contributed by atoms with Gasteiger partial charge >= 0.3 is 0 Å². The Morgan fingerprint density at radius 1 is 0.818 bits per heavy atom. The number of ether oxygens (including phenoxy) is 1. The number of Topliss-reactive ketones (excluding diaryl/α,β-unsaturated/α-hetero) is 1. The largest absolute Gasteiger partial charge is 0.478 e. The molecule has 1 heterocycles. The number of hydrogen-bond acceptors (Lipinski definition) is 2. The maximum atomic E-state index is 12.7. The number of benzene rings is 2. The predicted molar refractivity (Wildman–Crippen MR) is 89.9 cm³/mol. The van der Waals surface area contributed by atoms with E-state index in [-0.39, 0.29) is 5.78 Å². The van der Waals surface area contributed by atoms with Gasteiger partial charge in [0, 0.05) is 15.6 Å². The lowest BCUT2D eigenvalue weighted by molar-refractivity contribution is -0.125. The molecule has 0 unspecified atom stereocenters. The molecule has 0 aliphatic carbocycles. The highest BCUT2D eigenvalue weighted by atomic mass is 35.5. The Bertz CT molecular complexity index is 757. The minimum absolute atomic E-state index is 0.0419. The molecule has 2 aromatic rings. The van der Waals surface area contributed by atoms with E-state index in [1.165, 1.54) is 0 Å². The highest BCUT2D eigenvalue weighted by Crippen LogP contribution is 2.41. The van der Waals surface area contributed by atoms with E-state index in [9.17, 15) is 4.79 Å². The molecule has 0 N–H and O–H groups in total. The van der Waals surface area contributed by atoms with Gasteiger partial charge in [-0.05, 0) is 55.8 Å². The van der Waals surface area contributed by atoms with E-state index in [0.29, 0.717) is 21.4 Å². The first-order valence-electron chi connectivity index (χ1n) is 6.88. The van der Waals surface area contributed by atoms with Crippen LogP contribution in [0.5, 0.6) is 0 Å². The van der Waals surface area contributed by atoms with Gasteiger partial charge in [0.2, 0.25) is 5.78 Å². The second kappa shape index (κ2) is 5.45. The third-order valence-corrected chi connectivity index (χ3v) is 4.10. The molecule has 0 saturated carbocycles. The first kappa shape index (κ1) is 15.1. The monoisotopic (exact) mass is 332 g/mol. The molecule has 2 nitrogen and oxygen atoms in total. The van der Waals surface area contributed by atoms with E-state index in [4.69, 9.17) is 27.9 Å². The maximum absolute atomic E-state index is 12.7. The molecule has 112 valence electrons. The molecule has 3 rings (SSSR count). The van der Waals surface area contributed by atoms with Gasteiger partial charge in [-0.2, -0.15) is 0 Å². The zero-order valence-electron chi connectivity index (χ0n) is 12.2. The summed E-state index contributed by atoms with van der Waals surface area (Å²) >= 11 is 11.9. The molecule has 0 saturated heterocycles. The number of carbonyl (C=O) groups is 1. The van der Waals surface area contributed by atoms with E-state index in [1.54, 1.807) is 38.1 Å². The first-order chi connectivity index (χ1) is 10.4. The minimum Gasteiger partial charge on any atom is -0.478 e. The van der Waals surface area contributed by atoms with E-state index in [0.717, 1.165) is 11.1 Å². The van der Waals surface area contributed by atoms with Crippen molar-refractivity contribution in [2.75, 3.05) is 0 Å². The fraction of sp³-hybridized carbons (Fsp3) is 0.167. The lowest BCUT2D eigenvalue weighted by atomic mass is 9.93. The molecule has 1 aliphatic rings. The van der Waals surface area contributed by atoms with Gasteiger partial charge < -0.3 is 4.74 Å². The van der Waals surface area contributed by atoms with Gasteiger partial charge in [-0.1, -0.05) is 35.3 Å². The van der Waals surface area contributed by atoms with Crippen molar-refractivity contribution in [3.05, 3.63) is 69.7 Å². The number of hydrogen-bond donors (Lipinski definition) is 0. The Morgan fingerprint density at radius 2 is 1.27 bits per heavy atom. The summed E-state index contributed by atoms with van der Waals surface area (Å²) in [5.74, 6) is 0.536. The average molecular weight is 333 g/mol. The molecule has 4 heteroatoms. The van der Waals surface area contributed by atoms with Crippen molar-refractivity contribution in [1.29, 1.82) is 0 Å². The zero-order chi connectivity index (χ0) is 15.9. The van der Waals surface area contributed by atoms with Gasteiger partial charge in [-0.3, -0.25) is 4.79 Å². The third-order valence-electron chi connectivity index (χ3n) is 3.60. The molecular weight excluding hydrogens is 319 g/mol. The van der Waals surface area contributed by atoms with Crippen LogP contribution in [-0.2, 0) is 9.53 Å². The van der Waals surface area contributed by atoms with Crippen molar-refractivity contribution in [3.63, 3.8) is 0 Å². The number of rotatable bonds is 2. The standard InChI is InChI=1S/C18H14Cl2O2/c1-18(2)17(21)15(11-3-7-13(19)8-4-11)16(22-18)12-5-9-14(20)10-6-12/h3-10H,1-2H3. The smallest absolute Gasteiger partial charge is 0.210 e. The Labute approximate surface area is 139 Å². The van der Waals surface area contributed by atoms with Crippen LogP contribution >= 0.6 is 23.2 Å². The molecular formula is C18H14Cl2O2. The van der Waals surface area contributed by atoms with E-state index < -0.39 is 5.60 Å². The summed E-state index contributed by atoms with van der Waals surface area (Å²) in [4.78, 5) is 12.7. The van der Waals surface area contributed by atoms with Crippen molar-refractivity contribution in [1.82, 2.24) is 0 Å². The van der Waals surface area contributed by atoms with Gasteiger partial charge in [0.25, 0.3) is 0 Å². The maximum Gasteiger partial charge on any atom is 0.210 e. The van der Waals surface area contributed by atoms with E-state index in [1.807, 2.05) is 24.3 Å². The van der Waals surface area contributed by atoms with Crippen molar-refractivity contribution in [2.24, 2.45) is 0 Å². The van der Waals surface area contributed by atoms with Crippen LogP contribution in [0.4, 0.5) is 0 Å². The van der Waals surface area contributed by atoms with Gasteiger partial charge in [-0.15, -0.1) is 0 Å². The fourth-order valence-electron chi connectivity index (χ4n) is 2.44. The highest BCUT2D eigenvalue weighted by molar-refractivity contribution is 6.33. The van der Waals surface area contributed by atoms with E-state index in [2.05, 4.69) is 0 Å².